The van der Waals surface area contributed by atoms with E-state index in [2.05, 4.69) is 4.90 Å². The summed E-state index contributed by atoms with van der Waals surface area (Å²) in [6.07, 6.45) is 2.85. The second kappa shape index (κ2) is 4.25. The van der Waals surface area contributed by atoms with Crippen molar-refractivity contribution in [2.45, 2.75) is 45.1 Å². The molecule has 0 aromatic carbocycles. The smallest absolute Gasteiger partial charge is 0.314 e. The molecule has 2 N–H and O–H groups in total. The minimum atomic E-state index is -1.07. The number of hydrogen-bond acceptors (Lipinski definition) is 3. The topological polar surface area (TPSA) is 60.8 Å². The average molecular weight is 241 g/mol. The molecule has 3 heterocycles. The van der Waals surface area contributed by atoms with E-state index in [1.165, 1.54) is 0 Å². The number of carbonyl (C=O) groups is 1. The highest BCUT2D eigenvalue weighted by atomic mass is 16.4. The van der Waals surface area contributed by atoms with Crippen molar-refractivity contribution in [2.24, 2.45) is 11.3 Å². The van der Waals surface area contributed by atoms with Crippen LogP contribution in [0, 0.1) is 11.3 Å². The molecule has 3 aliphatic rings. The van der Waals surface area contributed by atoms with E-state index in [9.17, 15) is 15.0 Å². The summed E-state index contributed by atoms with van der Waals surface area (Å²) < 4.78 is 0. The lowest BCUT2D eigenvalue weighted by atomic mass is 9.56. The molecule has 3 fully saturated rings. The first-order valence-corrected chi connectivity index (χ1v) is 6.68. The van der Waals surface area contributed by atoms with Gasteiger partial charge in [0.2, 0.25) is 0 Å². The summed E-state index contributed by atoms with van der Waals surface area (Å²) in [6, 6.07) is 0. The number of nitrogens with zero attached hydrogens (tertiary/aromatic N) is 1. The minimum absolute atomic E-state index is 0.134. The third-order valence-electron chi connectivity index (χ3n) is 5.14. The molecule has 3 aliphatic heterocycles. The van der Waals surface area contributed by atoms with Gasteiger partial charge in [-0.2, -0.15) is 0 Å². The summed E-state index contributed by atoms with van der Waals surface area (Å²) in [5.41, 5.74) is -2.02. The van der Waals surface area contributed by atoms with E-state index in [-0.39, 0.29) is 5.92 Å². The number of piperidine rings is 3. The highest BCUT2D eigenvalue weighted by Crippen LogP contribution is 2.51. The lowest BCUT2D eigenvalue weighted by Crippen LogP contribution is -2.67. The summed E-state index contributed by atoms with van der Waals surface area (Å²) in [6.45, 7) is 6.29. The first-order valence-electron chi connectivity index (χ1n) is 6.68. The van der Waals surface area contributed by atoms with Crippen LogP contribution in [0.1, 0.15) is 39.5 Å². The van der Waals surface area contributed by atoms with Crippen LogP contribution in [0.2, 0.25) is 0 Å². The van der Waals surface area contributed by atoms with Crippen LogP contribution in [0.4, 0.5) is 0 Å². The van der Waals surface area contributed by atoms with Crippen molar-refractivity contribution in [1.29, 1.82) is 0 Å². The standard InChI is InChI=1S/C13H23NO3/c1-3-12(17,4-2)13(11(15)16)9-14-7-5-10(13)6-8-14/h10,17H,3-9H2,1-2H3,(H,15,16). The monoisotopic (exact) mass is 241 g/mol. The SMILES string of the molecule is CCC(O)(CC)C1(C(=O)O)CN2CCC1CC2. The Labute approximate surface area is 103 Å². The van der Waals surface area contributed by atoms with Gasteiger partial charge >= 0.3 is 5.97 Å². The van der Waals surface area contributed by atoms with Gasteiger partial charge in [0, 0.05) is 6.54 Å². The third-order valence-corrected chi connectivity index (χ3v) is 5.14. The first-order chi connectivity index (χ1) is 8.00. The molecule has 2 bridgehead atoms. The largest absolute Gasteiger partial charge is 0.481 e. The molecule has 98 valence electrons. The second-order valence-electron chi connectivity index (χ2n) is 5.57. The molecule has 1 atom stereocenters. The first kappa shape index (κ1) is 12.8. The molecule has 4 nitrogen and oxygen atoms in total. The zero-order valence-electron chi connectivity index (χ0n) is 10.8. The van der Waals surface area contributed by atoms with Crippen LogP contribution in [0.3, 0.4) is 0 Å². The van der Waals surface area contributed by atoms with Gasteiger partial charge < -0.3 is 15.1 Å². The van der Waals surface area contributed by atoms with E-state index < -0.39 is 17.0 Å². The van der Waals surface area contributed by atoms with Crippen molar-refractivity contribution >= 4 is 5.97 Å². The van der Waals surface area contributed by atoms with Crippen LogP contribution < -0.4 is 0 Å². The predicted octanol–water partition coefficient (Wildman–Crippen LogP) is 1.33. The van der Waals surface area contributed by atoms with Gasteiger partial charge in [0.05, 0.1) is 5.60 Å². The van der Waals surface area contributed by atoms with E-state index in [0.717, 1.165) is 25.9 Å². The molecule has 0 aliphatic carbocycles. The molecule has 0 aromatic heterocycles. The number of aliphatic hydroxyl groups is 1. The Morgan fingerprint density at radius 1 is 1.35 bits per heavy atom. The van der Waals surface area contributed by atoms with Crippen LogP contribution in [-0.2, 0) is 4.79 Å². The van der Waals surface area contributed by atoms with Crippen molar-refractivity contribution in [3.63, 3.8) is 0 Å². The number of aliphatic carboxylic acids is 1. The molecule has 4 heteroatoms. The van der Waals surface area contributed by atoms with Crippen molar-refractivity contribution in [3.8, 4) is 0 Å². The summed E-state index contributed by atoms with van der Waals surface area (Å²) in [4.78, 5) is 14.0. The predicted molar refractivity (Wildman–Crippen MR) is 64.8 cm³/mol. The van der Waals surface area contributed by atoms with Crippen LogP contribution in [0.25, 0.3) is 0 Å². The lowest BCUT2D eigenvalue weighted by molar-refractivity contribution is -0.203. The maximum absolute atomic E-state index is 11.8. The summed E-state index contributed by atoms with van der Waals surface area (Å²) >= 11 is 0. The zero-order chi connectivity index (χ0) is 12.7. The Hall–Kier alpha value is -0.610. The van der Waals surface area contributed by atoms with Crippen LogP contribution >= 0.6 is 0 Å². The Morgan fingerprint density at radius 2 is 1.88 bits per heavy atom. The fourth-order valence-corrected chi connectivity index (χ4v) is 3.92. The van der Waals surface area contributed by atoms with Crippen LogP contribution in [0.15, 0.2) is 0 Å². The number of rotatable bonds is 4. The zero-order valence-corrected chi connectivity index (χ0v) is 10.8. The maximum Gasteiger partial charge on any atom is 0.314 e. The van der Waals surface area contributed by atoms with Gasteiger partial charge in [0.1, 0.15) is 5.41 Å². The number of carboxylic acid groups (broad SMARTS) is 1. The quantitative estimate of drug-likeness (QED) is 0.779. The third kappa shape index (κ3) is 1.61. The van der Waals surface area contributed by atoms with E-state index in [1.807, 2.05) is 13.8 Å². The molecular weight excluding hydrogens is 218 g/mol. The normalized spacial score (nSPS) is 37.1. The van der Waals surface area contributed by atoms with E-state index in [4.69, 9.17) is 0 Å². The van der Waals surface area contributed by atoms with Gasteiger partial charge in [-0.1, -0.05) is 13.8 Å². The minimum Gasteiger partial charge on any atom is -0.481 e. The fraction of sp³-hybridized carbons (Fsp3) is 0.923. The molecular formula is C13H23NO3. The highest BCUT2D eigenvalue weighted by Gasteiger charge is 2.62. The van der Waals surface area contributed by atoms with E-state index in [1.54, 1.807) is 0 Å². The maximum atomic E-state index is 11.8. The Balaban J connectivity index is 2.43. The Bertz CT molecular complexity index is 306. The average Bonchev–Trinajstić information content (AvgIpc) is 2.38. The molecule has 3 rings (SSSR count). The van der Waals surface area contributed by atoms with Gasteiger partial charge in [-0.15, -0.1) is 0 Å². The Morgan fingerprint density at radius 3 is 2.18 bits per heavy atom. The molecule has 0 radical (unpaired) electrons. The number of hydrogen-bond donors (Lipinski definition) is 2. The molecule has 0 amide bonds. The molecule has 1 unspecified atom stereocenters. The van der Waals surface area contributed by atoms with Gasteiger partial charge in [0.25, 0.3) is 0 Å². The van der Waals surface area contributed by atoms with Gasteiger partial charge in [0.15, 0.2) is 0 Å². The summed E-state index contributed by atoms with van der Waals surface area (Å²) in [5.74, 6) is -0.673. The molecule has 0 spiro atoms. The van der Waals surface area contributed by atoms with E-state index in [0.29, 0.717) is 19.4 Å². The van der Waals surface area contributed by atoms with Gasteiger partial charge in [-0.3, -0.25) is 4.79 Å². The van der Waals surface area contributed by atoms with Gasteiger partial charge in [-0.25, -0.2) is 0 Å². The second-order valence-corrected chi connectivity index (χ2v) is 5.57. The van der Waals surface area contributed by atoms with Crippen LogP contribution in [-0.4, -0.2) is 46.3 Å². The van der Waals surface area contributed by atoms with Gasteiger partial charge in [-0.05, 0) is 44.7 Å². The van der Waals surface area contributed by atoms with E-state index >= 15 is 0 Å². The fourth-order valence-electron chi connectivity index (χ4n) is 3.92. The van der Waals surface area contributed by atoms with Crippen molar-refractivity contribution < 1.29 is 15.0 Å². The summed E-state index contributed by atoms with van der Waals surface area (Å²) in [7, 11) is 0. The van der Waals surface area contributed by atoms with Crippen molar-refractivity contribution in [1.82, 2.24) is 4.90 Å². The summed E-state index contributed by atoms with van der Waals surface area (Å²) in [5, 5.41) is 20.5. The molecule has 0 aromatic rings. The molecule has 17 heavy (non-hydrogen) atoms. The Kier molecular flexibility index (Phi) is 3.21. The van der Waals surface area contributed by atoms with Crippen molar-refractivity contribution in [2.75, 3.05) is 19.6 Å². The lowest BCUT2D eigenvalue weighted by Gasteiger charge is -2.57. The number of carboxylic acids is 1. The highest BCUT2D eigenvalue weighted by molar-refractivity contribution is 5.77. The number of fused-ring (bicyclic) bond motifs is 3. The molecule has 3 saturated heterocycles. The molecule has 0 saturated carbocycles. The van der Waals surface area contributed by atoms with Crippen molar-refractivity contribution in [3.05, 3.63) is 0 Å². The van der Waals surface area contributed by atoms with Crippen LogP contribution in [0.5, 0.6) is 0 Å².